The number of fused-ring (bicyclic) bond motifs is 6. The first kappa shape index (κ1) is 17.1. The molecule has 0 radical (unpaired) electrons. The maximum atomic E-state index is 13.0. The zero-order chi connectivity index (χ0) is 19.7. The van der Waals surface area contributed by atoms with E-state index in [0.717, 1.165) is 30.8 Å². The molecule has 5 heterocycles. The lowest BCUT2D eigenvalue weighted by molar-refractivity contribution is -0.268. The van der Waals surface area contributed by atoms with Crippen molar-refractivity contribution in [2.24, 2.45) is 11.8 Å². The van der Waals surface area contributed by atoms with E-state index < -0.39 is 5.60 Å². The zero-order valence-corrected chi connectivity index (χ0v) is 16.7. The first-order valence-electron chi connectivity index (χ1n) is 10.7. The summed E-state index contributed by atoms with van der Waals surface area (Å²) in [6.07, 6.45) is 1.31. The number of rotatable bonds is 1. The second kappa shape index (κ2) is 5.14. The van der Waals surface area contributed by atoms with Crippen molar-refractivity contribution in [3.05, 3.63) is 23.8 Å². The summed E-state index contributed by atoms with van der Waals surface area (Å²) < 4.78 is 17.8. The number of nitrogens with zero attached hydrogens (tertiary/aromatic N) is 2. The van der Waals surface area contributed by atoms with Gasteiger partial charge in [0, 0.05) is 42.8 Å². The highest BCUT2D eigenvalue weighted by atomic mass is 16.7. The van der Waals surface area contributed by atoms with E-state index >= 15 is 0 Å². The summed E-state index contributed by atoms with van der Waals surface area (Å²) in [4.78, 5) is 17.5. The minimum absolute atomic E-state index is 0.0301. The Morgan fingerprint density at radius 2 is 2.24 bits per heavy atom. The van der Waals surface area contributed by atoms with Gasteiger partial charge in [-0.25, -0.2) is 0 Å². The molecule has 8 unspecified atom stereocenters. The minimum atomic E-state index is -0.903. The summed E-state index contributed by atoms with van der Waals surface area (Å²) in [7, 11) is 1.66. The highest BCUT2D eigenvalue weighted by molar-refractivity contribution is 5.96. The molecule has 154 valence electrons. The van der Waals surface area contributed by atoms with Crippen LogP contribution in [-0.4, -0.2) is 72.8 Å². The van der Waals surface area contributed by atoms with Crippen molar-refractivity contribution >= 4 is 11.6 Å². The lowest BCUT2D eigenvalue weighted by Gasteiger charge is -2.63. The molecule has 4 saturated heterocycles. The predicted octanol–water partition coefficient (Wildman–Crippen LogP) is 0.878. The van der Waals surface area contributed by atoms with Crippen LogP contribution in [0.25, 0.3) is 0 Å². The number of benzene rings is 1. The lowest BCUT2D eigenvalue weighted by atomic mass is 9.52. The molecule has 5 aliphatic heterocycles. The number of hydrogen-bond acceptors (Lipinski definition) is 6. The van der Waals surface area contributed by atoms with Crippen LogP contribution in [0.1, 0.15) is 25.3 Å². The standard InChI is InChI=1S/C22H26N2O5/c1-11(25)24-15-7-12(27-2)3-4-13(15)21-5-6-23-10-22(26)14(8-16(21)23)18(19(21)24)20-28-9-17(22)29-20/h3-4,7,14,16-20,26H,5-6,8-10H2,1-2H3. The summed E-state index contributed by atoms with van der Waals surface area (Å²) >= 11 is 0. The molecular formula is C22H26N2O5. The van der Waals surface area contributed by atoms with Crippen molar-refractivity contribution in [1.82, 2.24) is 4.90 Å². The van der Waals surface area contributed by atoms with Crippen molar-refractivity contribution in [3.8, 4) is 5.75 Å². The zero-order valence-electron chi connectivity index (χ0n) is 16.7. The molecule has 29 heavy (non-hydrogen) atoms. The third kappa shape index (κ3) is 1.72. The summed E-state index contributed by atoms with van der Waals surface area (Å²) in [5.41, 5.74) is 1.16. The van der Waals surface area contributed by atoms with Gasteiger partial charge in [-0.3, -0.25) is 9.69 Å². The third-order valence-electron chi connectivity index (χ3n) is 8.95. The van der Waals surface area contributed by atoms with Gasteiger partial charge in [0.05, 0.1) is 25.4 Å². The van der Waals surface area contributed by atoms with Gasteiger partial charge in [0.1, 0.15) is 17.5 Å². The quantitative estimate of drug-likeness (QED) is 0.757. The molecule has 1 amide bonds. The molecule has 7 nitrogen and oxygen atoms in total. The predicted molar refractivity (Wildman–Crippen MR) is 103 cm³/mol. The number of aliphatic hydroxyl groups is 1. The Morgan fingerprint density at radius 1 is 1.38 bits per heavy atom. The first-order chi connectivity index (χ1) is 14.0. The number of carbonyl (C=O) groups excluding carboxylic acids is 1. The topological polar surface area (TPSA) is 71.5 Å². The Kier molecular flexibility index (Phi) is 3.02. The second-order valence-corrected chi connectivity index (χ2v) is 9.73. The smallest absolute Gasteiger partial charge is 0.224 e. The van der Waals surface area contributed by atoms with E-state index in [1.54, 1.807) is 14.0 Å². The maximum Gasteiger partial charge on any atom is 0.224 e. The fourth-order valence-electron chi connectivity index (χ4n) is 8.00. The minimum Gasteiger partial charge on any atom is -0.497 e. The molecule has 1 aromatic carbocycles. The number of methoxy groups -OCH3 is 1. The molecule has 0 aromatic heterocycles. The van der Waals surface area contributed by atoms with Crippen LogP contribution >= 0.6 is 0 Å². The van der Waals surface area contributed by atoms with E-state index in [0.29, 0.717) is 19.2 Å². The molecule has 6 aliphatic rings. The van der Waals surface area contributed by atoms with Gasteiger partial charge < -0.3 is 24.2 Å². The van der Waals surface area contributed by atoms with Crippen LogP contribution in [-0.2, 0) is 19.7 Å². The Bertz CT molecular complexity index is 938. The Balaban J connectivity index is 1.50. The van der Waals surface area contributed by atoms with Gasteiger partial charge in [-0.2, -0.15) is 0 Å². The third-order valence-corrected chi connectivity index (χ3v) is 8.95. The number of hydrogen-bond donors (Lipinski definition) is 1. The fraction of sp³-hybridized carbons (Fsp3) is 0.682. The first-order valence-corrected chi connectivity index (χ1v) is 10.7. The second-order valence-electron chi connectivity index (χ2n) is 9.73. The van der Waals surface area contributed by atoms with Crippen LogP contribution in [0.2, 0.25) is 0 Å². The van der Waals surface area contributed by atoms with E-state index in [-0.39, 0.29) is 41.6 Å². The van der Waals surface area contributed by atoms with E-state index in [4.69, 9.17) is 14.2 Å². The average molecular weight is 398 g/mol. The molecule has 1 spiro atoms. The number of carbonyl (C=O) groups is 1. The Labute approximate surface area is 169 Å². The van der Waals surface area contributed by atoms with Crippen molar-refractivity contribution in [2.45, 2.75) is 55.3 Å². The largest absolute Gasteiger partial charge is 0.497 e. The van der Waals surface area contributed by atoms with E-state index in [1.165, 1.54) is 5.56 Å². The maximum absolute atomic E-state index is 13.0. The van der Waals surface area contributed by atoms with E-state index in [9.17, 15) is 9.90 Å². The van der Waals surface area contributed by atoms with Gasteiger partial charge in [-0.05, 0) is 31.0 Å². The van der Waals surface area contributed by atoms with Gasteiger partial charge >= 0.3 is 0 Å². The highest BCUT2D eigenvalue weighted by Gasteiger charge is 2.76. The summed E-state index contributed by atoms with van der Waals surface area (Å²) in [5, 5.41) is 11.8. The molecule has 7 rings (SSSR count). The summed E-state index contributed by atoms with van der Waals surface area (Å²) in [6.45, 7) is 3.67. The van der Waals surface area contributed by atoms with Crippen LogP contribution in [0.5, 0.6) is 5.75 Å². The van der Waals surface area contributed by atoms with Crippen LogP contribution in [0.15, 0.2) is 18.2 Å². The summed E-state index contributed by atoms with van der Waals surface area (Å²) in [5.74, 6) is 0.849. The molecule has 4 bridgehead atoms. The van der Waals surface area contributed by atoms with Gasteiger partial charge in [0.25, 0.3) is 0 Å². The summed E-state index contributed by atoms with van der Waals surface area (Å²) in [6, 6.07) is 6.46. The average Bonchev–Trinajstić information content (AvgIpc) is 3.38. The van der Waals surface area contributed by atoms with Gasteiger partial charge in [0.15, 0.2) is 6.29 Å². The fourth-order valence-corrected chi connectivity index (χ4v) is 8.00. The molecule has 8 atom stereocenters. The molecule has 5 fully saturated rings. The van der Waals surface area contributed by atoms with Crippen LogP contribution in [0.3, 0.4) is 0 Å². The van der Waals surface area contributed by atoms with Crippen molar-refractivity contribution in [2.75, 3.05) is 31.7 Å². The Morgan fingerprint density at radius 3 is 3.03 bits per heavy atom. The van der Waals surface area contributed by atoms with Crippen LogP contribution in [0.4, 0.5) is 5.69 Å². The lowest BCUT2D eigenvalue weighted by Crippen LogP contribution is -2.76. The number of ether oxygens (including phenoxy) is 3. The van der Waals surface area contributed by atoms with Crippen molar-refractivity contribution < 1.29 is 24.1 Å². The SMILES string of the molecule is COc1ccc2c(c1)N(C(C)=O)C1C3C4OCC(O4)C4(O)CN5CCC21C5CC34. The van der Waals surface area contributed by atoms with Crippen molar-refractivity contribution in [3.63, 3.8) is 0 Å². The van der Waals surface area contributed by atoms with E-state index in [2.05, 4.69) is 11.0 Å². The molecular weight excluding hydrogens is 372 g/mol. The number of piperidine rings is 1. The molecule has 1 aromatic rings. The molecule has 1 aliphatic carbocycles. The van der Waals surface area contributed by atoms with Gasteiger partial charge in [0.2, 0.25) is 5.91 Å². The van der Waals surface area contributed by atoms with Gasteiger partial charge in [-0.1, -0.05) is 6.07 Å². The van der Waals surface area contributed by atoms with Crippen molar-refractivity contribution in [1.29, 1.82) is 0 Å². The number of anilines is 1. The highest BCUT2D eigenvalue weighted by Crippen LogP contribution is 2.67. The Hall–Kier alpha value is -1.67. The van der Waals surface area contributed by atoms with Crippen LogP contribution < -0.4 is 9.64 Å². The normalized spacial score (nSPS) is 48.4. The monoisotopic (exact) mass is 398 g/mol. The number of amides is 1. The molecule has 1 saturated carbocycles. The molecule has 7 heteroatoms. The van der Waals surface area contributed by atoms with Gasteiger partial charge in [-0.15, -0.1) is 0 Å². The van der Waals surface area contributed by atoms with E-state index in [1.807, 2.05) is 17.0 Å². The van der Waals surface area contributed by atoms with Crippen LogP contribution in [0, 0.1) is 11.8 Å². The molecule has 1 N–H and O–H groups in total.